The first-order valence-corrected chi connectivity index (χ1v) is 11.0. The van der Waals surface area contributed by atoms with Crippen LogP contribution in [0.2, 0.25) is 0 Å². The van der Waals surface area contributed by atoms with E-state index in [1.165, 1.54) is 4.57 Å². The second kappa shape index (κ2) is 8.24. The van der Waals surface area contributed by atoms with Crippen molar-refractivity contribution in [2.75, 3.05) is 6.61 Å². The van der Waals surface area contributed by atoms with Gasteiger partial charge in [0.25, 0.3) is 5.56 Å². The highest BCUT2D eigenvalue weighted by molar-refractivity contribution is 5.73. The number of imidazole rings is 1. The SMILES string of the molecule is Cc1cccc(Cn2cnc3c2c(=O)n(CC2CCCO2)c(=O)n3-c2ccccc2C)c1. The molecule has 1 unspecified atom stereocenters. The molecular weight excluding hydrogens is 404 g/mol. The summed E-state index contributed by atoms with van der Waals surface area (Å²) in [4.78, 5) is 31.7. The van der Waals surface area contributed by atoms with Crippen LogP contribution >= 0.6 is 0 Å². The van der Waals surface area contributed by atoms with Crippen LogP contribution in [0.5, 0.6) is 0 Å². The maximum Gasteiger partial charge on any atom is 0.337 e. The van der Waals surface area contributed by atoms with Gasteiger partial charge < -0.3 is 9.30 Å². The Labute approximate surface area is 185 Å². The summed E-state index contributed by atoms with van der Waals surface area (Å²) in [5.74, 6) is 0. The molecule has 2 aromatic carbocycles. The number of para-hydroxylation sites is 1. The van der Waals surface area contributed by atoms with Gasteiger partial charge in [0.2, 0.25) is 0 Å². The zero-order valence-corrected chi connectivity index (χ0v) is 18.3. The molecule has 5 rings (SSSR count). The number of nitrogens with zero attached hydrogens (tertiary/aromatic N) is 4. The predicted octanol–water partition coefficient (Wildman–Crippen LogP) is 3.19. The predicted molar refractivity (Wildman–Crippen MR) is 124 cm³/mol. The largest absolute Gasteiger partial charge is 0.376 e. The molecule has 0 amide bonds. The Morgan fingerprint density at radius 2 is 1.94 bits per heavy atom. The van der Waals surface area contributed by atoms with Gasteiger partial charge in [0, 0.05) is 13.2 Å². The molecule has 1 atom stereocenters. The third-order valence-corrected chi connectivity index (χ3v) is 6.10. The van der Waals surface area contributed by atoms with E-state index in [-0.39, 0.29) is 23.9 Å². The van der Waals surface area contributed by atoms with Crippen molar-refractivity contribution in [2.24, 2.45) is 0 Å². The van der Waals surface area contributed by atoms with Crippen molar-refractivity contribution in [3.8, 4) is 5.69 Å². The van der Waals surface area contributed by atoms with E-state index in [0.29, 0.717) is 24.3 Å². The number of aryl methyl sites for hydroxylation is 2. The van der Waals surface area contributed by atoms with E-state index < -0.39 is 0 Å². The summed E-state index contributed by atoms with van der Waals surface area (Å²) < 4.78 is 10.5. The Bertz CT molecular complexity index is 1410. The van der Waals surface area contributed by atoms with Gasteiger partial charge in [-0.05, 0) is 43.9 Å². The lowest BCUT2D eigenvalue weighted by molar-refractivity contribution is 0.0950. The zero-order valence-electron chi connectivity index (χ0n) is 18.3. The first kappa shape index (κ1) is 20.5. The molecule has 1 aliphatic heterocycles. The quantitative estimate of drug-likeness (QED) is 0.488. The van der Waals surface area contributed by atoms with Gasteiger partial charge >= 0.3 is 5.69 Å². The lowest BCUT2D eigenvalue weighted by Crippen LogP contribution is -2.42. The molecule has 7 nitrogen and oxygen atoms in total. The fourth-order valence-corrected chi connectivity index (χ4v) is 4.49. The molecule has 7 heteroatoms. The number of fused-ring (bicyclic) bond motifs is 1. The van der Waals surface area contributed by atoms with Gasteiger partial charge in [-0.1, -0.05) is 48.0 Å². The Kier molecular flexibility index (Phi) is 5.27. The molecule has 1 aliphatic rings. The van der Waals surface area contributed by atoms with Crippen LogP contribution in [0.25, 0.3) is 16.9 Å². The van der Waals surface area contributed by atoms with Gasteiger partial charge in [-0.2, -0.15) is 0 Å². The molecule has 0 N–H and O–H groups in total. The second-order valence-corrected chi connectivity index (χ2v) is 8.49. The third kappa shape index (κ3) is 3.58. The van der Waals surface area contributed by atoms with Crippen molar-refractivity contribution in [3.63, 3.8) is 0 Å². The standard InChI is InChI=1S/C25H26N4O3/c1-17-7-5-9-19(13-17)14-27-16-26-23-22(27)24(30)28(15-20-10-6-12-32-20)25(31)29(23)21-11-4-3-8-18(21)2/h3-5,7-9,11,13,16,20H,6,10,12,14-15H2,1-2H3. The minimum absolute atomic E-state index is 0.128. The average molecular weight is 431 g/mol. The van der Waals surface area contributed by atoms with Crippen molar-refractivity contribution in [1.82, 2.24) is 18.7 Å². The van der Waals surface area contributed by atoms with Crippen LogP contribution in [0.3, 0.4) is 0 Å². The molecule has 0 aliphatic carbocycles. The van der Waals surface area contributed by atoms with Crippen LogP contribution in [0, 0.1) is 13.8 Å². The number of aromatic nitrogens is 4. The fraction of sp³-hybridized carbons (Fsp3) is 0.320. The number of rotatable bonds is 5. The Morgan fingerprint density at radius 1 is 1.09 bits per heavy atom. The highest BCUT2D eigenvalue weighted by Crippen LogP contribution is 2.19. The van der Waals surface area contributed by atoms with E-state index in [9.17, 15) is 9.59 Å². The normalized spacial score (nSPS) is 16.1. The summed E-state index contributed by atoms with van der Waals surface area (Å²) in [5, 5.41) is 0. The number of hydrogen-bond donors (Lipinski definition) is 0. The number of hydrogen-bond acceptors (Lipinski definition) is 4. The smallest absolute Gasteiger partial charge is 0.337 e. The van der Waals surface area contributed by atoms with Gasteiger partial charge in [0.05, 0.1) is 24.7 Å². The van der Waals surface area contributed by atoms with E-state index in [2.05, 4.69) is 11.1 Å². The second-order valence-electron chi connectivity index (χ2n) is 8.49. The lowest BCUT2D eigenvalue weighted by Gasteiger charge is -2.16. The van der Waals surface area contributed by atoms with Crippen LogP contribution in [-0.4, -0.2) is 31.4 Å². The van der Waals surface area contributed by atoms with Gasteiger partial charge in [-0.3, -0.25) is 9.36 Å². The first-order valence-electron chi connectivity index (χ1n) is 11.0. The van der Waals surface area contributed by atoms with Crippen molar-refractivity contribution < 1.29 is 4.74 Å². The van der Waals surface area contributed by atoms with E-state index in [0.717, 1.165) is 35.2 Å². The van der Waals surface area contributed by atoms with E-state index in [1.54, 1.807) is 10.9 Å². The molecule has 4 aromatic rings. The summed E-state index contributed by atoms with van der Waals surface area (Å²) in [6, 6.07) is 15.8. The van der Waals surface area contributed by atoms with E-state index in [4.69, 9.17) is 4.74 Å². The highest BCUT2D eigenvalue weighted by Gasteiger charge is 2.24. The lowest BCUT2D eigenvalue weighted by atomic mass is 10.1. The fourth-order valence-electron chi connectivity index (χ4n) is 4.49. The highest BCUT2D eigenvalue weighted by atomic mass is 16.5. The van der Waals surface area contributed by atoms with Gasteiger partial charge in [-0.15, -0.1) is 0 Å². The molecule has 0 saturated carbocycles. The summed E-state index contributed by atoms with van der Waals surface area (Å²) in [6.45, 7) is 5.40. The van der Waals surface area contributed by atoms with Crippen LogP contribution in [-0.2, 0) is 17.8 Å². The summed E-state index contributed by atoms with van der Waals surface area (Å²) in [6.07, 6.45) is 3.31. The van der Waals surface area contributed by atoms with Crippen LogP contribution in [0.15, 0.2) is 64.4 Å². The molecule has 0 radical (unpaired) electrons. The first-order chi connectivity index (χ1) is 15.5. The van der Waals surface area contributed by atoms with Crippen molar-refractivity contribution in [3.05, 3.63) is 92.4 Å². The van der Waals surface area contributed by atoms with Gasteiger partial charge in [0.15, 0.2) is 11.2 Å². The molecule has 1 fully saturated rings. The molecule has 32 heavy (non-hydrogen) atoms. The van der Waals surface area contributed by atoms with Crippen LogP contribution in [0.4, 0.5) is 0 Å². The topological polar surface area (TPSA) is 71.1 Å². The Morgan fingerprint density at radius 3 is 2.69 bits per heavy atom. The average Bonchev–Trinajstić information content (AvgIpc) is 3.43. The Hall–Kier alpha value is -3.45. The van der Waals surface area contributed by atoms with Crippen molar-refractivity contribution in [1.29, 1.82) is 0 Å². The van der Waals surface area contributed by atoms with Crippen molar-refractivity contribution in [2.45, 2.75) is 45.9 Å². The van der Waals surface area contributed by atoms with E-state index in [1.807, 2.05) is 60.9 Å². The van der Waals surface area contributed by atoms with Crippen LogP contribution < -0.4 is 11.2 Å². The molecule has 0 spiro atoms. The van der Waals surface area contributed by atoms with Crippen molar-refractivity contribution >= 4 is 11.2 Å². The molecule has 0 bridgehead atoms. The minimum Gasteiger partial charge on any atom is -0.376 e. The zero-order chi connectivity index (χ0) is 22.2. The maximum absolute atomic E-state index is 13.6. The van der Waals surface area contributed by atoms with Crippen LogP contribution in [0.1, 0.15) is 29.5 Å². The van der Waals surface area contributed by atoms with E-state index >= 15 is 0 Å². The molecule has 3 heterocycles. The minimum atomic E-state index is -0.381. The summed E-state index contributed by atoms with van der Waals surface area (Å²) >= 11 is 0. The molecule has 164 valence electrons. The summed E-state index contributed by atoms with van der Waals surface area (Å²) in [5.41, 5.74) is 3.99. The summed E-state index contributed by atoms with van der Waals surface area (Å²) in [7, 11) is 0. The molecule has 2 aromatic heterocycles. The Balaban J connectivity index is 1.75. The van der Waals surface area contributed by atoms with Gasteiger partial charge in [-0.25, -0.2) is 14.3 Å². The maximum atomic E-state index is 13.6. The number of ether oxygens (including phenoxy) is 1. The monoisotopic (exact) mass is 430 g/mol. The molecule has 1 saturated heterocycles. The molecular formula is C25H26N4O3. The van der Waals surface area contributed by atoms with Gasteiger partial charge in [0.1, 0.15) is 0 Å². The third-order valence-electron chi connectivity index (χ3n) is 6.10. The number of benzene rings is 2.